The first-order chi connectivity index (χ1) is 13.8. The fourth-order valence-electron chi connectivity index (χ4n) is 3.13. The fourth-order valence-corrected chi connectivity index (χ4v) is 3.13. The van der Waals surface area contributed by atoms with E-state index in [0.29, 0.717) is 11.4 Å². The van der Waals surface area contributed by atoms with Crippen LogP contribution in [0.25, 0.3) is 5.69 Å². The van der Waals surface area contributed by atoms with Gasteiger partial charge in [0.1, 0.15) is 6.33 Å². The SMILES string of the molecule is Cc1cc(=O)c(C(=O)Nc2c(C(C)C)ncnc2C(C)C)nn1-c1ccccc1. The zero-order valence-corrected chi connectivity index (χ0v) is 17.3. The van der Waals surface area contributed by atoms with Crippen molar-refractivity contribution < 1.29 is 4.79 Å². The van der Waals surface area contributed by atoms with Crippen LogP contribution in [0.3, 0.4) is 0 Å². The zero-order valence-electron chi connectivity index (χ0n) is 17.3. The van der Waals surface area contributed by atoms with Crippen LogP contribution in [0.2, 0.25) is 0 Å². The van der Waals surface area contributed by atoms with Gasteiger partial charge in [-0.3, -0.25) is 9.59 Å². The molecule has 0 bridgehead atoms. The van der Waals surface area contributed by atoms with Crippen LogP contribution in [0.5, 0.6) is 0 Å². The molecule has 0 fully saturated rings. The molecule has 0 spiro atoms. The summed E-state index contributed by atoms with van der Waals surface area (Å²) in [6.07, 6.45) is 1.51. The monoisotopic (exact) mass is 391 g/mol. The van der Waals surface area contributed by atoms with Gasteiger partial charge in [-0.05, 0) is 30.9 Å². The Morgan fingerprint density at radius 2 is 1.59 bits per heavy atom. The number of hydrogen-bond acceptors (Lipinski definition) is 5. The van der Waals surface area contributed by atoms with E-state index in [-0.39, 0.29) is 17.5 Å². The lowest BCUT2D eigenvalue weighted by Crippen LogP contribution is -2.28. The van der Waals surface area contributed by atoms with Crippen LogP contribution in [0, 0.1) is 6.92 Å². The average Bonchev–Trinajstić information content (AvgIpc) is 2.68. The normalized spacial score (nSPS) is 11.1. The molecule has 3 aromatic rings. The number of amides is 1. The fraction of sp³-hybridized carbons (Fsp3) is 0.318. The van der Waals surface area contributed by atoms with Crippen LogP contribution in [0.4, 0.5) is 5.69 Å². The van der Waals surface area contributed by atoms with Gasteiger partial charge in [0, 0.05) is 11.8 Å². The first kappa shape index (κ1) is 20.4. The van der Waals surface area contributed by atoms with Crippen molar-refractivity contribution in [1.29, 1.82) is 0 Å². The largest absolute Gasteiger partial charge is 0.317 e. The minimum Gasteiger partial charge on any atom is -0.317 e. The second-order valence-corrected chi connectivity index (χ2v) is 7.53. The van der Waals surface area contributed by atoms with Crippen molar-refractivity contribution in [3.05, 3.63) is 75.7 Å². The molecule has 0 aliphatic rings. The first-order valence-electron chi connectivity index (χ1n) is 9.62. The summed E-state index contributed by atoms with van der Waals surface area (Å²) in [5.74, 6) is -0.409. The van der Waals surface area contributed by atoms with Crippen LogP contribution >= 0.6 is 0 Å². The Labute approximate surface area is 169 Å². The molecule has 1 amide bonds. The summed E-state index contributed by atoms with van der Waals surface area (Å²) in [6, 6.07) is 10.8. The molecular formula is C22H25N5O2. The second-order valence-electron chi connectivity index (χ2n) is 7.53. The predicted molar refractivity (Wildman–Crippen MR) is 113 cm³/mol. The lowest BCUT2D eigenvalue weighted by molar-refractivity contribution is 0.101. The van der Waals surface area contributed by atoms with Gasteiger partial charge >= 0.3 is 0 Å². The van der Waals surface area contributed by atoms with E-state index in [2.05, 4.69) is 20.4 Å². The van der Waals surface area contributed by atoms with E-state index in [1.165, 1.54) is 12.4 Å². The quantitative estimate of drug-likeness (QED) is 0.714. The molecule has 1 N–H and O–H groups in total. The molecule has 1 aromatic carbocycles. The summed E-state index contributed by atoms with van der Waals surface area (Å²) in [5.41, 5.74) is 2.82. The lowest BCUT2D eigenvalue weighted by Gasteiger charge is -2.18. The van der Waals surface area contributed by atoms with Crippen molar-refractivity contribution in [3.63, 3.8) is 0 Å². The molecule has 0 saturated carbocycles. The predicted octanol–water partition coefficient (Wildman–Crippen LogP) is 3.83. The Balaban J connectivity index is 2.06. The molecule has 0 unspecified atom stereocenters. The van der Waals surface area contributed by atoms with E-state index in [1.54, 1.807) is 11.6 Å². The number of nitrogens with one attached hydrogen (secondary N) is 1. The van der Waals surface area contributed by atoms with Crippen LogP contribution in [0.15, 0.2) is 47.5 Å². The molecule has 7 nitrogen and oxygen atoms in total. The third kappa shape index (κ3) is 4.23. The van der Waals surface area contributed by atoms with Gasteiger partial charge in [-0.2, -0.15) is 5.10 Å². The maximum absolute atomic E-state index is 13.0. The Morgan fingerprint density at radius 1 is 1.00 bits per heavy atom. The van der Waals surface area contributed by atoms with E-state index < -0.39 is 11.3 Å². The number of benzene rings is 1. The van der Waals surface area contributed by atoms with Crippen molar-refractivity contribution in [2.75, 3.05) is 5.32 Å². The smallest absolute Gasteiger partial charge is 0.280 e. The number of aryl methyl sites for hydroxylation is 1. The molecule has 0 aliphatic carbocycles. The molecule has 0 aliphatic heterocycles. The van der Waals surface area contributed by atoms with Crippen molar-refractivity contribution in [2.24, 2.45) is 0 Å². The number of aromatic nitrogens is 4. The van der Waals surface area contributed by atoms with E-state index in [1.807, 2.05) is 58.0 Å². The van der Waals surface area contributed by atoms with Gasteiger partial charge in [0.25, 0.3) is 5.91 Å². The molecule has 0 atom stereocenters. The van der Waals surface area contributed by atoms with E-state index in [0.717, 1.165) is 17.1 Å². The van der Waals surface area contributed by atoms with Crippen molar-refractivity contribution in [3.8, 4) is 5.69 Å². The van der Waals surface area contributed by atoms with Gasteiger partial charge in [0.15, 0.2) is 5.69 Å². The molecule has 3 rings (SSSR count). The van der Waals surface area contributed by atoms with Gasteiger partial charge in [0.05, 0.1) is 22.8 Å². The highest BCUT2D eigenvalue weighted by Crippen LogP contribution is 2.29. The standard InChI is InChI=1S/C22H25N5O2/c1-13(2)18-21(19(14(3)4)24-12-23-18)25-22(29)20-17(28)11-15(5)27(26-20)16-9-7-6-8-10-16/h6-14H,1-5H3,(H,25,29). The highest BCUT2D eigenvalue weighted by molar-refractivity contribution is 6.03. The summed E-state index contributed by atoms with van der Waals surface area (Å²) in [6.45, 7) is 9.76. The topological polar surface area (TPSA) is 89.8 Å². The lowest BCUT2D eigenvalue weighted by atomic mass is 10.0. The molecule has 0 radical (unpaired) electrons. The minimum absolute atomic E-state index is 0.0813. The summed E-state index contributed by atoms with van der Waals surface area (Å²) in [7, 11) is 0. The van der Waals surface area contributed by atoms with Gasteiger partial charge in [0.2, 0.25) is 5.43 Å². The Bertz CT molecular complexity index is 1060. The highest BCUT2D eigenvalue weighted by Gasteiger charge is 2.22. The molecule has 0 saturated heterocycles. The summed E-state index contributed by atoms with van der Waals surface area (Å²) < 4.78 is 1.59. The van der Waals surface area contributed by atoms with Gasteiger partial charge < -0.3 is 5.32 Å². The average molecular weight is 391 g/mol. The van der Waals surface area contributed by atoms with Gasteiger partial charge in [-0.15, -0.1) is 0 Å². The molecule has 2 heterocycles. The summed E-state index contributed by atoms with van der Waals surface area (Å²) in [5, 5.41) is 7.20. The molecule has 2 aromatic heterocycles. The van der Waals surface area contributed by atoms with E-state index in [9.17, 15) is 9.59 Å². The van der Waals surface area contributed by atoms with Crippen molar-refractivity contribution in [2.45, 2.75) is 46.5 Å². The number of hydrogen-bond donors (Lipinski definition) is 1. The van der Waals surface area contributed by atoms with Gasteiger partial charge in [-0.1, -0.05) is 45.9 Å². The maximum Gasteiger partial charge on any atom is 0.280 e. The maximum atomic E-state index is 13.0. The number of para-hydroxylation sites is 1. The van der Waals surface area contributed by atoms with E-state index >= 15 is 0 Å². The zero-order chi connectivity index (χ0) is 21.1. The number of anilines is 1. The third-order valence-corrected chi connectivity index (χ3v) is 4.56. The van der Waals surface area contributed by atoms with Crippen molar-refractivity contribution >= 4 is 11.6 Å². The van der Waals surface area contributed by atoms with Crippen LogP contribution in [0.1, 0.15) is 67.1 Å². The van der Waals surface area contributed by atoms with Gasteiger partial charge in [-0.25, -0.2) is 14.6 Å². The molecule has 7 heteroatoms. The number of nitrogens with zero attached hydrogens (tertiary/aromatic N) is 4. The van der Waals surface area contributed by atoms with Crippen LogP contribution < -0.4 is 10.7 Å². The number of carbonyl (C=O) groups excluding carboxylic acids is 1. The summed E-state index contributed by atoms with van der Waals surface area (Å²) in [4.78, 5) is 34.2. The van der Waals surface area contributed by atoms with Crippen LogP contribution in [-0.4, -0.2) is 25.7 Å². The number of rotatable bonds is 5. The highest BCUT2D eigenvalue weighted by atomic mass is 16.2. The molecule has 150 valence electrons. The Kier molecular flexibility index (Phi) is 5.87. The first-order valence-corrected chi connectivity index (χ1v) is 9.62. The minimum atomic E-state index is -0.571. The van der Waals surface area contributed by atoms with Crippen molar-refractivity contribution in [1.82, 2.24) is 19.7 Å². The Morgan fingerprint density at radius 3 is 2.14 bits per heavy atom. The second kappa shape index (κ2) is 8.34. The number of carbonyl (C=O) groups is 1. The summed E-state index contributed by atoms with van der Waals surface area (Å²) >= 11 is 0. The third-order valence-electron chi connectivity index (χ3n) is 4.56. The molecule has 29 heavy (non-hydrogen) atoms. The van der Waals surface area contributed by atoms with E-state index in [4.69, 9.17) is 0 Å². The van der Waals surface area contributed by atoms with Crippen LogP contribution in [-0.2, 0) is 0 Å². The Hall–Kier alpha value is -3.35. The molecular weight excluding hydrogens is 366 g/mol.